The second-order valence-corrected chi connectivity index (χ2v) is 7.13. The minimum absolute atomic E-state index is 0.0975. The van der Waals surface area contributed by atoms with E-state index in [1.807, 2.05) is 36.4 Å². The summed E-state index contributed by atoms with van der Waals surface area (Å²) >= 11 is 13.4. The molecule has 1 aliphatic rings. The van der Waals surface area contributed by atoms with E-state index in [2.05, 4.69) is 15.5 Å². The molecule has 122 valence electrons. The molecule has 0 spiro atoms. The molecule has 1 unspecified atom stereocenters. The summed E-state index contributed by atoms with van der Waals surface area (Å²) in [7, 11) is 0. The Morgan fingerprint density at radius 1 is 1.17 bits per heavy atom. The van der Waals surface area contributed by atoms with Crippen LogP contribution in [0.3, 0.4) is 0 Å². The van der Waals surface area contributed by atoms with Crippen molar-refractivity contribution in [2.45, 2.75) is 11.7 Å². The maximum absolute atomic E-state index is 12.1. The van der Waals surface area contributed by atoms with Crippen molar-refractivity contribution >= 4 is 52.3 Å². The number of rotatable bonds is 4. The molecule has 0 saturated carbocycles. The molecule has 1 atom stereocenters. The highest BCUT2D eigenvalue weighted by molar-refractivity contribution is 8.15. The molecule has 1 saturated heterocycles. The van der Waals surface area contributed by atoms with Gasteiger partial charge >= 0.3 is 0 Å². The van der Waals surface area contributed by atoms with Crippen LogP contribution in [0.15, 0.2) is 58.7 Å². The van der Waals surface area contributed by atoms with E-state index >= 15 is 0 Å². The molecular formula is C17H13Cl2N3OS. The third-order valence-corrected chi connectivity index (χ3v) is 5.01. The molecule has 1 N–H and O–H groups in total. The minimum atomic E-state index is -0.283. The van der Waals surface area contributed by atoms with Gasteiger partial charge in [0.2, 0.25) is 5.91 Å². The molecule has 1 heterocycles. The summed E-state index contributed by atoms with van der Waals surface area (Å²) in [6, 6.07) is 14.9. The van der Waals surface area contributed by atoms with Crippen molar-refractivity contribution in [2.75, 3.05) is 0 Å². The molecule has 24 heavy (non-hydrogen) atoms. The zero-order valence-corrected chi connectivity index (χ0v) is 14.8. The zero-order valence-electron chi connectivity index (χ0n) is 12.4. The zero-order chi connectivity index (χ0) is 16.9. The second-order valence-electron chi connectivity index (χ2n) is 5.10. The van der Waals surface area contributed by atoms with Gasteiger partial charge in [-0.15, -0.1) is 5.10 Å². The number of hydrogen-bond acceptors (Lipinski definition) is 4. The van der Waals surface area contributed by atoms with Gasteiger partial charge in [-0.2, -0.15) is 5.10 Å². The van der Waals surface area contributed by atoms with Gasteiger partial charge in [0.15, 0.2) is 5.17 Å². The van der Waals surface area contributed by atoms with Crippen LogP contribution in [-0.4, -0.2) is 22.5 Å². The van der Waals surface area contributed by atoms with Gasteiger partial charge in [0.25, 0.3) is 0 Å². The number of amides is 1. The second kappa shape index (κ2) is 7.83. The monoisotopic (exact) mass is 377 g/mol. The van der Waals surface area contributed by atoms with Gasteiger partial charge in [0.05, 0.1) is 11.5 Å². The number of benzene rings is 2. The van der Waals surface area contributed by atoms with Gasteiger partial charge in [-0.3, -0.25) is 4.79 Å². The van der Waals surface area contributed by atoms with Gasteiger partial charge in [0, 0.05) is 10.0 Å². The molecule has 2 aromatic carbocycles. The van der Waals surface area contributed by atoms with Crippen molar-refractivity contribution in [3.8, 4) is 0 Å². The number of amidine groups is 1. The van der Waals surface area contributed by atoms with Crippen LogP contribution in [0.2, 0.25) is 10.0 Å². The molecule has 7 heteroatoms. The third kappa shape index (κ3) is 4.38. The molecule has 1 aliphatic heterocycles. The average Bonchev–Trinajstić information content (AvgIpc) is 2.91. The largest absolute Gasteiger partial charge is 0.303 e. The molecule has 1 amide bonds. The number of hydrogen-bond donors (Lipinski definition) is 1. The van der Waals surface area contributed by atoms with E-state index in [0.717, 1.165) is 11.1 Å². The molecule has 2 aromatic rings. The van der Waals surface area contributed by atoms with Crippen LogP contribution in [0.25, 0.3) is 0 Å². The maximum atomic E-state index is 12.1. The van der Waals surface area contributed by atoms with Crippen LogP contribution in [-0.2, 0) is 11.2 Å². The van der Waals surface area contributed by atoms with E-state index in [-0.39, 0.29) is 11.2 Å². The summed E-state index contributed by atoms with van der Waals surface area (Å²) < 4.78 is 0. The fourth-order valence-corrected chi connectivity index (χ4v) is 3.60. The lowest BCUT2D eigenvalue weighted by Crippen LogP contribution is -2.26. The third-order valence-electron chi connectivity index (χ3n) is 3.35. The smallest absolute Gasteiger partial charge is 0.239 e. The first kappa shape index (κ1) is 17.0. The van der Waals surface area contributed by atoms with E-state index in [4.69, 9.17) is 23.2 Å². The molecule has 0 radical (unpaired) electrons. The molecular weight excluding hydrogens is 365 g/mol. The molecule has 0 aromatic heterocycles. The lowest BCUT2D eigenvalue weighted by Gasteiger charge is -2.07. The minimum Gasteiger partial charge on any atom is -0.303 e. The Labute approximate surface area is 154 Å². The van der Waals surface area contributed by atoms with E-state index in [9.17, 15) is 4.79 Å². The Morgan fingerprint density at radius 2 is 1.96 bits per heavy atom. The molecule has 3 rings (SSSR count). The Hall–Kier alpha value is -1.82. The predicted octanol–water partition coefficient (Wildman–Crippen LogP) is 4.16. The lowest BCUT2D eigenvalue weighted by atomic mass is 10.1. The highest BCUT2D eigenvalue weighted by atomic mass is 35.5. The normalized spacial score (nSPS) is 19.2. The van der Waals surface area contributed by atoms with E-state index < -0.39 is 0 Å². The number of nitrogens with zero attached hydrogens (tertiary/aromatic N) is 2. The number of thioether (sulfide) groups is 1. The first-order valence-electron chi connectivity index (χ1n) is 7.19. The lowest BCUT2D eigenvalue weighted by molar-refractivity contribution is -0.118. The molecule has 1 fully saturated rings. The van der Waals surface area contributed by atoms with Gasteiger partial charge in [0.1, 0.15) is 0 Å². The maximum Gasteiger partial charge on any atom is 0.239 e. The van der Waals surface area contributed by atoms with Crippen molar-refractivity contribution in [1.29, 1.82) is 0 Å². The van der Waals surface area contributed by atoms with Gasteiger partial charge in [-0.1, -0.05) is 71.4 Å². The highest BCUT2D eigenvalue weighted by Crippen LogP contribution is 2.28. The Kier molecular flexibility index (Phi) is 5.56. The van der Waals surface area contributed by atoms with Gasteiger partial charge in [-0.05, 0) is 29.7 Å². The Balaban J connectivity index is 1.65. The number of halogens is 2. The van der Waals surface area contributed by atoms with Crippen LogP contribution in [0, 0.1) is 0 Å². The summed E-state index contributed by atoms with van der Waals surface area (Å²) in [5.41, 5.74) is 1.82. The summed E-state index contributed by atoms with van der Waals surface area (Å²) in [6.45, 7) is 0. The number of carbonyl (C=O) groups is 1. The van der Waals surface area contributed by atoms with Crippen LogP contribution >= 0.6 is 35.0 Å². The van der Waals surface area contributed by atoms with Crippen molar-refractivity contribution in [3.63, 3.8) is 0 Å². The fourth-order valence-electron chi connectivity index (χ4n) is 2.16. The topological polar surface area (TPSA) is 53.8 Å². The quantitative estimate of drug-likeness (QED) is 0.642. The van der Waals surface area contributed by atoms with Crippen LogP contribution < -0.4 is 5.32 Å². The van der Waals surface area contributed by atoms with Crippen molar-refractivity contribution in [3.05, 3.63) is 69.7 Å². The SMILES string of the molecule is O=C1N/C(=N\N=C\c2ccccc2)SC1Cc1ccc(Cl)cc1Cl. The summed E-state index contributed by atoms with van der Waals surface area (Å²) in [5.74, 6) is -0.0975. The van der Waals surface area contributed by atoms with E-state index in [1.54, 1.807) is 18.3 Å². The molecule has 4 nitrogen and oxygen atoms in total. The predicted molar refractivity (Wildman–Crippen MR) is 101 cm³/mol. The van der Waals surface area contributed by atoms with Crippen molar-refractivity contribution in [1.82, 2.24) is 5.32 Å². The summed E-state index contributed by atoms with van der Waals surface area (Å²) in [4.78, 5) is 12.1. The van der Waals surface area contributed by atoms with Crippen LogP contribution in [0.1, 0.15) is 11.1 Å². The van der Waals surface area contributed by atoms with E-state index in [0.29, 0.717) is 21.6 Å². The Bertz CT molecular complexity index is 809. The van der Waals surface area contributed by atoms with Gasteiger partial charge < -0.3 is 5.32 Å². The molecule has 0 bridgehead atoms. The van der Waals surface area contributed by atoms with E-state index in [1.165, 1.54) is 11.8 Å². The highest BCUT2D eigenvalue weighted by Gasteiger charge is 2.30. The fraction of sp³-hybridized carbons (Fsp3) is 0.118. The average molecular weight is 378 g/mol. The summed E-state index contributed by atoms with van der Waals surface area (Å²) in [5, 5.41) is 12.1. The standard InChI is InChI=1S/C17H13Cl2N3OS/c18-13-7-6-12(14(19)9-13)8-15-16(23)21-17(24-15)22-20-10-11-4-2-1-3-5-11/h1-7,9-10,15H,8H2,(H,21,22,23)/b20-10+. The van der Waals surface area contributed by atoms with Crippen molar-refractivity contribution < 1.29 is 4.79 Å². The molecule has 0 aliphatic carbocycles. The number of nitrogens with one attached hydrogen (secondary N) is 1. The first-order valence-corrected chi connectivity index (χ1v) is 8.83. The first-order chi connectivity index (χ1) is 11.6. The van der Waals surface area contributed by atoms with Crippen LogP contribution in [0.5, 0.6) is 0 Å². The Morgan fingerprint density at radius 3 is 2.71 bits per heavy atom. The van der Waals surface area contributed by atoms with Gasteiger partial charge in [-0.25, -0.2) is 0 Å². The number of carbonyl (C=O) groups excluding carboxylic acids is 1. The van der Waals surface area contributed by atoms with Crippen molar-refractivity contribution in [2.24, 2.45) is 10.2 Å². The van der Waals surface area contributed by atoms with Crippen LogP contribution in [0.4, 0.5) is 0 Å². The summed E-state index contributed by atoms with van der Waals surface area (Å²) in [6.07, 6.45) is 2.15.